The summed E-state index contributed by atoms with van der Waals surface area (Å²) in [5.41, 5.74) is 2.88. The number of para-hydroxylation sites is 1. The van der Waals surface area contributed by atoms with Gasteiger partial charge in [-0.25, -0.2) is 13.4 Å². The van der Waals surface area contributed by atoms with Crippen molar-refractivity contribution < 1.29 is 13.2 Å². The number of rotatable bonds is 6. The molecular weight excluding hydrogens is 438 g/mol. The summed E-state index contributed by atoms with van der Waals surface area (Å²) in [7, 11) is -2.27. The van der Waals surface area contributed by atoms with Gasteiger partial charge in [0.25, 0.3) is 0 Å². The first-order chi connectivity index (χ1) is 16.0. The Morgan fingerprint density at radius 2 is 1.70 bits per heavy atom. The van der Waals surface area contributed by atoms with Crippen molar-refractivity contribution in [3.05, 3.63) is 83.9 Å². The van der Waals surface area contributed by atoms with E-state index in [-0.39, 0.29) is 15.6 Å². The van der Waals surface area contributed by atoms with E-state index in [2.05, 4.69) is 20.6 Å². The second kappa shape index (κ2) is 8.18. The summed E-state index contributed by atoms with van der Waals surface area (Å²) in [6.07, 6.45) is 0. The van der Waals surface area contributed by atoms with Crippen LogP contribution in [-0.4, -0.2) is 35.3 Å². The Labute approximate surface area is 190 Å². The van der Waals surface area contributed by atoms with Gasteiger partial charge in [-0.1, -0.05) is 47.2 Å². The summed E-state index contributed by atoms with van der Waals surface area (Å²) in [4.78, 5) is 4.80. The van der Waals surface area contributed by atoms with E-state index in [1.165, 1.54) is 4.52 Å². The number of ether oxygens (including phenoxy) is 1. The monoisotopic (exact) mass is 459 g/mol. The zero-order valence-corrected chi connectivity index (χ0v) is 18.9. The average Bonchev–Trinajstić information content (AvgIpc) is 3.28. The number of aryl methyl sites for hydroxylation is 1. The van der Waals surface area contributed by atoms with Gasteiger partial charge < -0.3 is 10.1 Å². The number of benzene rings is 3. The highest BCUT2D eigenvalue weighted by molar-refractivity contribution is 7.91. The molecule has 0 amide bonds. The highest BCUT2D eigenvalue weighted by atomic mass is 32.2. The van der Waals surface area contributed by atoms with E-state index in [9.17, 15) is 8.42 Å². The van der Waals surface area contributed by atoms with Crippen LogP contribution in [0.3, 0.4) is 0 Å². The Hall–Kier alpha value is -3.98. The summed E-state index contributed by atoms with van der Waals surface area (Å²) < 4.78 is 33.3. The quantitative estimate of drug-likeness (QED) is 0.409. The van der Waals surface area contributed by atoms with Crippen LogP contribution in [-0.2, 0) is 16.4 Å². The van der Waals surface area contributed by atoms with Crippen LogP contribution in [0.5, 0.6) is 5.75 Å². The zero-order chi connectivity index (χ0) is 23.0. The molecule has 0 bridgehead atoms. The largest absolute Gasteiger partial charge is 0.497 e. The Morgan fingerprint density at radius 1 is 0.970 bits per heavy atom. The summed E-state index contributed by atoms with van der Waals surface area (Å²) in [5.74, 6) is 1.33. The maximum absolute atomic E-state index is 13.3. The molecule has 0 spiro atoms. The molecule has 33 heavy (non-hydrogen) atoms. The van der Waals surface area contributed by atoms with E-state index in [4.69, 9.17) is 4.74 Å². The SMILES string of the molecule is COc1ccc(CNc2nc3c(S(=O)(=O)c4ccc(C)cc4)nnn3c3ccccc23)cc1. The predicted octanol–water partition coefficient (Wildman–Crippen LogP) is 4.04. The second-order valence-corrected chi connectivity index (χ2v) is 9.49. The van der Waals surface area contributed by atoms with Gasteiger partial charge in [-0.2, -0.15) is 4.52 Å². The number of anilines is 1. The first kappa shape index (κ1) is 20.9. The van der Waals surface area contributed by atoms with E-state index < -0.39 is 9.84 Å². The summed E-state index contributed by atoms with van der Waals surface area (Å²) in [5, 5.41) is 12.1. The Bertz CT molecular complexity index is 1560. The van der Waals surface area contributed by atoms with Crippen molar-refractivity contribution in [3.63, 3.8) is 0 Å². The van der Waals surface area contributed by atoms with Crippen molar-refractivity contribution in [2.75, 3.05) is 12.4 Å². The molecule has 0 unspecified atom stereocenters. The van der Waals surface area contributed by atoms with Gasteiger partial charge in [0, 0.05) is 11.9 Å². The molecule has 0 radical (unpaired) electrons. The smallest absolute Gasteiger partial charge is 0.229 e. The molecule has 0 aliphatic rings. The third-order valence-electron chi connectivity index (χ3n) is 5.43. The number of hydrogen-bond acceptors (Lipinski definition) is 7. The highest BCUT2D eigenvalue weighted by Crippen LogP contribution is 2.28. The minimum atomic E-state index is -3.90. The minimum absolute atomic E-state index is 0.151. The molecule has 2 aromatic heterocycles. The summed E-state index contributed by atoms with van der Waals surface area (Å²) >= 11 is 0. The number of aromatic nitrogens is 4. The van der Waals surface area contributed by atoms with Gasteiger partial charge in [-0.3, -0.25) is 0 Å². The lowest BCUT2D eigenvalue weighted by atomic mass is 10.2. The van der Waals surface area contributed by atoms with Crippen LogP contribution in [0.1, 0.15) is 11.1 Å². The van der Waals surface area contributed by atoms with E-state index >= 15 is 0 Å². The molecule has 0 saturated heterocycles. The lowest BCUT2D eigenvalue weighted by molar-refractivity contribution is 0.414. The fraction of sp³-hybridized carbons (Fsp3) is 0.125. The van der Waals surface area contributed by atoms with Gasteiger partial charge in [-0.05, 0) is 48.9 Å². The minimum Gasteiger partial charge on any atom is -0.497 e. The van der Waals surface area contributed by atoms with Gasteiger partial charge in [-0.15, -0.1) is 5.10 Å². The van der Waals surface area contributed by atoms with Crippen molar-refractivity contribution in [1.29, 1.82) is 0 Å². The molecule has 2 heterocycles. The van der Waals surface area contributed by atoms with Crippen LogP contribution in [0.15, 0.2) is 82.7 Å². The van der Waals surface area contributed by atoms with E-state index in [0.29, 0.717) is 17.9 Å². The predicted molar refractivity (Wildman–Crippen MR) is 125 cm³/mol. The number of methoxy groups -OCH3 is 1. The molecule has 166 valence electrons. The lowest BCUT2D eigenvalue weighted by Crippen LogP contribution is -2.07. The molecule has 0 fully saturated rings. The molecule has 0 atom stereocenters. The van der Waals surface area contributed by atoms with Crippen LogP contribution in [0, 0.1) is 6.92 Å². The molecule has 8 nitrogen and oxygen atoms in total. The van der Waals surface area contributed by atoms with Crippen LogP contribution in [0.25, 0.3) is 16.6 Å². The normalized spacial score (nSPS) is 11.7. The van der Waals surface area contributed by atoms with E-state index in [1.54, 1.807) is 31.4 Å². The molecule has 3 aromatic carbocycles. The second-order valence-electron chi connectivity index (χ2n) is 7.63. The topological polar surface area (TPSA) is 98.5 Å². The van der Waals surface area contributed by atoms with Crippen LogP contribution in [0.2, 0.25) is 0 Å². The van der Waals surface area contributed by atoms with Gasteiger partial charge in [0.2, 0.25) is 14.9 Å². The number of fused-ring (bicyclic) bond motifs is 3. The van der Waals surface area contributed by atoms with E-state index in [0.717, 1.165) is 22.3 Å². The van der Waals surface area contributed by atoms with Crippen molar-refractivity contribution in [2.45, 2.75) is 23.4 Å². The number of nitrogens with one attached hydrogen (secondary N) is 1. The lowest BCUT2D eigenvalue weighted by Gasteiger charge is -2.11. The van der Waals surface area contributed by atoms with Crippen molar-refractivity contribution in [2.24, 2.45) is 0 Å². The zero-order valence-electron chi connectivity index (χ0n) is 18.1. The Kier molecular flexibility index (Phi) is 5.18. The molecule has 5 rings (SSSR count). The molecule has 9 heteroatoms. The fourth-order valence-electron chi connectivity index (χ4n) is 3.61. The molecule has 0 aliphatic carbocycles. The summed E-state index contributed by atoms with van der Waals surface area (Å²) in [6, 6.07) is 21.9. The standard InChI is InChI=1S/C24H21N5O3S/c1-16-7-13-19(14-8-16)33(30,31)24-23-26-22(25-15-17-9-11-18(32-2)12-10-17)20-5-3-4-6-21(20)29(23)28-27-24/h3-14H,15H2,1-2H3,(H,25,26). The van der Waals surface area contributed by atoms with Gasteiger partial charge in [0.15, 0.2) is 5.65 Å². The third-order valence-corrected chi connectivity index (χ3v) is 7.09. The first-order valence-corrected chi connectivity index (χ1v) is 11.8. The fourth-order valence-corrected chi connectivity index (χ4v) is 4.85. The molecule has 5 aromatic rings. The molecule has 1 N–H and O–H groups in total. The number of nitrogens with zero attached hydrogens (tertiary/aromatic N) is 4. The van der Waals surface area contributed by atoms with Gasteiger partial charge in [0.05, 0.1) is 17.5 Å². The maximum atomic E-state index is 13.3. The Balaban J connectivity index is 1.61. The average molecular weight is 460 g/mol. The van der Waals surface area contributed by atoms with Crippen LogP contribution >= 0.6 is 0 Å². The maximum Gasteiger partial charge on any atom is 0.229 e. The number of hydrogen-bond donors (Lipinski definition) is 1. The van der Waals surface area contributed by atoms with E-state index in [1.807, 2.05) is 55.5 Å². The van der Waals surface area contributed by atoms with Crippen LogP contribution in [0.4, 0.5) is 5.82 Å². The third kappa shape index (κ3) is 3.76. The Morgan fingerprint density at radius 3 is 2.42 bits per heavy atom. The summed E-state index contributed by atoms with van der Waals surface area (Å²) in [6.45, 7) is 2.40. The molecule has 0 saturated carbocycles. The van der Waals surface area contributed by atoms with Crippen molar-refractivity contribution >= 4 is 32.2 Å². The molecule has 0 aliphatic heterocycles. The van der Waals surface area contributed by atoms with Gasteiger partial charge in [0.1, 0.15) is 11.6 Å². The van der Waals surface area contributed by atoms with Crippen molar-refractivity contribution in [1.82, 2.24) is 19.8 Å². The highest BCUT2D eigenvalue weighted by Gasteiger charge is 2.27. The first-order valence-electron chi connectivity index (χ1n) is 10.3. The number of sulfone groups is 1. The van der Waals surface area contributed by atoms with Crippen molar-refractivity contribution in [3.8, 4) is 5.75 Å². The van der Waals surface area contributed by atoms with Crippen LogP contribution < -0.4 is 10.1 Å². The van der Waals surface area contributed by atoms with Gasteiger partial charge >= 0.3 is 0 Å². The molecular formula is C24H21N5O3S.